The Morgan fingerprint density at radius 2 is 1.96 bits per heavy atom. The second-order valence-corrected chi connectivity index (χ2v) is 6.62. The monoisotopic (exact) mass is 356 g/mol. The number of nitrogens with one attached hydrogen (secondary N) is 1. The normalized spacial score (nSPS) is 25.7. The Morgan fingerprint density at radius 1 is 1.24 bits per heavy atom. The smallest absolute Gasteiger partial charge is 0.394 e. The van der Waals surface area contributed by atoms with E-state index in [0.29, 0.717) is 6.54 Å². The molecule has 0 radical (unpaired) electrons. The molecule has 1 fully saturated rings. The second-order valence-electron chi connectivity index (χ2n) is 6.62. The molecule has 3 rings (SSSR count). The van der Waals surface area contributed by atoms with Crippen LogP contribution in [0.15, 0.2) is 24.3 Å². The second kappa shape index (κ2) is 6.57. The zero-order chi connectivity index (χ0) is 18.2. The van der Waals surface area contributed by atoms with E-state index in [1.165, 1.54) is 5.56 Å². The van der Waals surface area contributed by atoms with E-state index < -0.39 is 43.1 Å². The van der Waals surface area contributed by atoms with E-state index in [9.17, 15) is 22.8 Å². The van der Waals surface area contributed by atoms with Gasteiger partial charge in [0.1, 0.15) is 0 Å². The number of fused-ring (bicyclic) bond motifs is 1. The van der Waals surface area contributed by atoms with Gasteiger partial charge in [-0.2, -0.15) is 13.2 Å². The molecule has 136 valence electrons. The lowest BCUT2D eigenvalue weighted by Gasteiger charge is -2.20. The van der Waals surface area contributed by atoms with Crippen molar-refractivity contribution in [3.8, 4) is 0 Å². The molecule has 0 bridgehead atoms. The highest BCUT2D eigenvalue weighted by atomic mass is 19.4. The van der Waals surface area contributed by atoms with E-state index >= 15 is 0 Å². The topological polar surface area (TPSA) is 69.6 Å². The summed E-state index contributed by atoms with van der Waals surface area (Å²) in [6.45, 7) is -0.707. The highest BCUT2D eigenvalue weighted by molar-refractivity contribution is 5.77. The minimum absolute atomic E-state index is 0.136. The van der Waals surface area contributed by atoms with Crippen LogP contribution in [0.3, 0.4) is 0 Å². The van der Waals surface area contributed by atoms with Gasteiger partial charge in [-0.05, 0) is 24.0 Å². The molecule has 2 amide bonds. The van der Waals surface area contributed by atoms with E-state index in [0.717, 1.165) is 23.3 Å². The molecule has 8 heteroatoms. The number of nitrogens with zero attached hydrogens (tertiary/aromatic N) is 1. The van der Waals surface area contributed by atoms with Crippen molar-refractivity contribution in [3.63, 3.8) is 0 Å². The maximum Gasteiger partial charge on any atom is 0.394 e. The van der Waals surface area contributed by atoms with E-state index in [1.54, 1.807) is 0 Å². The first-order chi connectivity index (χ1) is 11.8. The van der Waals surface area contributed by atoms with Gasteiger partial charge in [0.05, 0.1) is 11.8 Å². The number of hydrogen-bond donors (Lipinski definition) is 2. The van der Waals surface area contributed by atoms with E-state index in [2.05, 4.69) is 5.32 Å². The van der Waals surface area contributed by atoms with Gasteiger partial charge >= 0.3 is 18.2 Å². The fourth-order valence-corrected chi connectivity index (χ4v) is 3.73. The molecule has 1 aromatic carbocycles. The molecule has 5 nitrogen and oxygen atoms in total. The van der Waals surface area contributed by atoms with Crippen LogP contribution in [0.1, 0.15) is 23.5 Å². The van der Waals surface area contributed by atoms with Crippen LogP contribution in [0, 0.1) is 11.8 Å². The number of carboxylic acid groups (broad SMARTS) is 1. The van der Waals surface area contributed by atoms with Gasteiger partial charge in [0, 0.05) is 25.6 Å². The fourth-order valence-electron chi connectivity index (χ4n) is 3.73. The maximum atomic E-state index is 13.0. The van der Waals surface area contributed by atoms with Gasteiger partial charge in [0.15, 0.2) is 0 Å². The molecule has 0 spiro atoms. The Hall–Kier alpha value is -2.25. The number of likely N-dealkylation sites (tertiary alicyclic amines) is 1. The number of amides is 2. The molecule has 1 aliphatic carbocycles. The first-order valence-corrected chi connectivity index (χ1v) is 8.17. The van der Waals surface area contributed by atoms with E-state index in [4.69, 9.17) is 5.11 Å². The highest BCUT2D eigenvalue weighted by Crippen LogP contribution is 2.38. The zero-order valence-electron chi connectivity index (χ0n) is 13.4. The van der Waals surface area contributed by atoms with Crippen LogP contribution in [-0.2, 0) is 11.2 Å². The summed E-state index contributed by atoms with van der Waals surface area (Å²) < 4.78 is 38.9. The number of benzene rings is 1. The van der Waals surface area contributed by atoms with Crippen molar-refractivity contribution in [2.45, 2.75) is 24.9 Å². The minimum atomic E-state index is -4.64. The van der Waals surface area contributed by atoms with Crippen LogP contribution < -0.4 is 5.32 Å². The summed E-state index contributed by atoms with van der Waals surface area (Å²) in [4.78, 5) is 24.2. The molecule has 0 aromatic heterocycles. The highest BCUT2D eigenvalue weighted by Gasteiger charge is 2.53. The number of aliphatic carboxylic acids is 1. The van der Waals surface area contributed by atoms with Crippen LogP contribution in [-0.4, -0.2) is 47.8 Å². The molecular weight excluding hydrogens is 337 g/mol. The zero-order valence-corrected chi connectivity index (χ0v) is 13.4. The third-order valence-electron chi connectivity index (χ3n) is 5.10. The summed E-state index contributed by atoms with van der Waals surface area (Å²) in [6, 6.07) is 7.26. The minimum Gasteiger partial charge on any atom is -0.481 e. The molecule has 25 heavy (non-hydrogen) atoms. The number of hydrogen-bond acceptors (Lipinski definition) is 2. The van der Waals surface area contributed by atoms with Crippen molar-refractivity contribution < 1.29 is 27.9 Å². The number of aryl methyl sites for hydroxylation is 1. The summed E-state index contributed by atoms with van der Waals surface area (Å²) in [5.41, 5.74) is 2.38. The lowest BCUT2D eigenvalue weighted by Crippen LogP contribution is -2.41. The molecule has 1 aliphatic heterocycles. The van der Waals surface area contributed by atoms with Crippen molar-refractivity contribution >= 4 is 12.0 Å². The molecule has 1 unspecified atom stereocenters. The Bertz CT molecular complexity index is 677. The van der Waals surface area contributed by atoms with Gasteiger partial charge in [-0.15, -0.1) is 0 Å². The average molecular weight is 356 g/mol. The summed E-state index contributed by atoms with van der Waals surface area (Å²) in [7, 11) is 0. The lowest BCUT2D eigenvalue weighted by atomic mass is 9.96. The number of urea groups is 1. The van der Waals surface area contributed by atoms with E-state index in [1.807, 2.05) is 24.3 Å². The summed E-state index contributed by atoms with van der Waals surface area (Å²) in [5, 5.41) is 11.7. The summed E-state index contributed by atoms with van der Waals surface area (Å²) in [5.74, 6) is -5.03. The van der Waals surface area contributed by atoms with Crippen LogP contribution in [0.2, 0.25) is 0 Å². The molecule has 1 saturated heterocycles. The molecule has 3 atom stereocenters. The van der Waals surface area contributed by atoms with Crippen LogP contribution in [0.5, 0.6) is 0 Å². The van der Waals surface area contributed by atoms with Crippen molar-refractivity contribution in [2.24, 2.45) is 11.8 Å². The molecule has 1 heterocycles. The number of rotatable bonds is 3. The molecular formula is C17H19F3N2O3. The predicted molar refractivity (Wildman–Crippen MR) is 83.1 cm³/mol. The van der Waals surface area contributed by atoms with Crippen molar-refractivity contribution in [1.29, 1.82) is 0 Å². The fraction of sp³-hybridized carbons (Fsp3) is 0.529. The van der Waals surface area contributed by atoms with Crippen LogP contribution >= 0.6 is 0 Å². The summed E-state index contributed by atoms with van der Waals surface area (Å²) >= 11 is 0. The molecule has 1 aromatic rings. The predicted octanol–water partition coefficient (Wildman–Crippen LogP) is 2.62. The molecule has 2 N–H and O–H groups in total. The standard InChI is InChI=1S/C17H19F3N2O3/c18-17(19,20)14-9-22(8-13(14)15(23)24)16(25)21-7-11-6-5-10-3-1-2-4-12(10)11/h1-4,11,13-14H,5-9H2,(H,21,25)(H,23,24)/t11?,13-,14-/m1/s1. The Morgan fingerprint density at radius 3 is 2.60 bits per heavy atom. The van der Waals surface area contributed by atoms with Crippen molar-refractivity contribution in [1.82, 2.24) is 10.2 Å². The number of carbonyl (C=O) groups is 2. The van der Waals surface area contributed by atoms with Gasteiger partial charge in [0.25, 0.3) is 0 Å². The quantitative estimate of drug-likeness (QED) is 0.875. The van der Waals surface area contributed by atoms with Gasteiger partial charge in [-0.25, -0.2) is 4.79 Å². The average Bonchev–Trinajstić information content (AvgIpc) is 3.17. The van der Waals surface area contributed by atoms with Crippen molar-refractivity contribution in [3.05, 3.63) is 35.4 Å². The van der Waals surface area contributed by atoms with Gasteiger partial charge in [-0.3, -0.25) is 4.79 Å². The number of carboxylic acids is 1. The van der Waals surface area contributed by atoms with Gasteiger partial charge < -0.3 is 15.3 Å². The Labute approximate surface area is 142 Å². The van der Waals surface area contributed by atoms with Crippen LogP contribution in [0.25, 0.3) is 0 Å². The Balaban J connectivity index is 1.60. The lowest BCUT2D eigenvalue weighted by molar-refractivity contribution is -0.187. The number of carbonyl (C=O) groups excluding carboxylic acids is 1. The van der Waals surface area contributed by atoms with Crippen LogP contribution in [0.4, 0.5) is 18.0 Å². The third kappa shape index (κ3) is 3.57. The Kier molecular flexibility index (Phi) is 4.62. The first kappa shape index (κ1) is 17.6. The molecule has 2 aliphatic rings. The van der Waals surface area contributed by atoms with Gasteiger partial charge in [-0.1, -0.05) is 24.3 Å². The number of alkyl halides is 3. The molecule has 0 saturated carbocycles. The SMILES string of the molecule is O=C(O)[C@@H]1CN(C(=O)NCC2CCc3ccccc32)C[C@H]1C(F)(F)F. The maximum absolute atomic E-state index is 13.0. The largest absolute Gasteiger partial charge is 0.481 e. The number of halogens is 3. The van der Waals surface area contributed by atoms with Crippen molar-refractivity contribution in [2.75, 3.05) is 19.6 Å². The summed E-state index contributed by atoms with van der Waals surface area (Å²) in [6.07, 6.45) is -2.84. The van der Waals surface area contributed by atoms with Gasteiger partial charge in [0.2, 0.25) is 0 Å². The first-order valence-electron chi connectivity index (χ1n) is 8.17. The van der Waals surface area contributed by atoms with E-state index in [-0.39, 0.29) is 5.92 Å². The third-order valence-corrected chi connectivity index (χ3v) is 5.10.